The summed E-state index contributed by atoms with van der Waals surface area (Å²) in [6, 6.07) is 5.62. The van der Waals surface area contributed by atoms with Gasteiger partial charge in [-0.1, -0.05) is 11.6 Å². The topological polar surface area (TPSA) is 75.4 Å². The Kier molecular flexibility index (Phi) is 4.99. The SMILES string of the molecule is FC(F)(CN1Cc2cc(Cl)ccc2-n2c(nnc2N2CC3(CN(c4cnccn4)C3)C2)C1)C1COC1. The van der Waals surface area contributed by atoms with Crippen molar-refractivity contribution in [2.75, 3.05) is 55.7 Å². The van der Waals surface area contributed by atoms with Gasteiger partial charge in [0, 0.05) is 55.6 Å². The molecule has 1 spiro atoms. The first kappa shape index (κ1) is 22.3. The average Bonchev–Trinajstić information content (AvgIpc) is 3.07. The quantitative estimate of drug-likeness (QED) is 0.514. The molecule has 12 heteroatoms. The molecule has 3 fully saturated rings. The number of anilines is 2. The van der Waals surface area contributed by atoms with Gasteiger partial charge in [-0.05, 0) is 23.8 Å². The minimum absolute atomic E-state index is 0.106. The minimum atomic E-state index is -2.84. The molecule has 3 aromatic rings. The van der Waals surface area contributed by atoms with Gasteiger partial charge in [0.15, 0.2) is 5.82 Å². The van der Waals surface area contributed by atoms with Crippen molar-refractivity contribution in [3.8, 4) is 5.69 Å². The fraction of sp³-hybridized carbons (Fsp3) is 0.500. The van der Waals surface area contributed by atoms with Crippen LogP contribution in [0.1, 0.15) is 11.4 Å². The number of benzene rings is 1. The lowest BCUT2D eigenvalue weighted by Gasteiger charge is -2.60. The van der Waals surface area contributed by atoms with Crippen LogP contribution in [0.25, 0.3) is 5.69 Å². The van der Waals surface area contributed by atoms with Crippen LogP contribution >= 0.6 is 11.6 Å². The van der Waals surface area contributed by atoms with E-state index in [9.17, 15) is 8.78 Å². The molecular weight excluding hydrogens is 490 g/mol. The number of nitrogens with zero attached hydrogens (tertiary/aromatic N) is 8. The van der Waals surface area contributed by atoms with Crippen LogP contribution < -0.4 is 9.80 Å². The minimum Gasteiger partial charge on any atom is -0.380 e. The summed E-state index contributed by atoms with van der Waals surface area (Å²) in [6.45, 7) is 4.04. The van der Waals surface area contributed by atoms with Crippen molar-refractivity contribution in [1.29, 1.82) is 0 Å². The number of ether oxygens (including phenoxy) is 1. The molecule has 0 unspecified atom stereocenters. The van der Waals surface area contributed by atoms with E-state index in [1.165, 1.54) is 0 Å². The van der Waals surface area contributed by atoms with Crippen molar-refractivity contribution in [3.63, 3.8) is 0 Å². The van der Waals surface area contributed by atoms with Crippen LogP contribution in [0.3, 0.4) is 0 Å². The highest BCUT2D eigenvalue weighted by molar-refractivity contribution is 6.30. The highest BCUT2D eigenvalue weighted by Crippen LogP contribution is 2.44. The molecule has 7 rings (SSSR count). The van der Waals surface area contributed by atoms with Gasteiger partial charge in [0.05, 0.1) is 44.1 Å². The monoisotopic (exact) mass is 514 g/mol. The molecule has 0 radical (unpaired) electrons. The number of aromatic nitrogens is 5. The van der Waals surface area contributed by atoms with Gasteiger partial charge in [-0.15, -0.1) is 10.2 Å². The van der Waals surface area contributed by atoms with Crippen LogP contribution in [-0.4, -0.2) is 81.5 Å². The zero-order valence-electron chi connectivity index (χ0n) is 19.5. The van der Waals surface area contributed by atoms with E-state index in [-0.39, 0.29) is 31.7 Å². The van der Waals surface area contributed by atoms with Crippen LogP contribution in [-0.2, 0) is 17.8 Å². The van der Waals surface area contributed by atoms with Crippen LogP contribution in [0.2, 0.25) is 5.02 Å². The molecule has 4 aliphatic heterocycles. The molecule has 0 bridgehead atoms. The van der Waals surface area contributed by atoms with E-state index in [4.69, 9.17) is 16.3 Å². The molecule has 3 saturated heterocycles. The summed E-state index contributed by atoms with van der Waals surface area (Å²) < 4.78 is 36.8. The van der Waals surface area contributed by atoms with Gasteiger partial charge in [-0.2, -0.15) is 0 Å². The van der Waals surface area contributed by atoms with E-state index in [1.807, 2.05) is 22.8 Å². The highest BCUT2D eigenvalue weighted by atomic mass is 35.5. The Morgan fingerprint density at radius 2 is 1.86 bits per heavy atom. The van der Waals surface area contributed by atoms with Gasteiger partial charge in [0.1, 0.15) is 5.82 Å². The molecule has 0 atom stereocenters. The first-order valence-electron chi connectivity index (χ1n) is 12.1. The lowest BCUT2D eigenvalue weighted by molar-refractivity contribution is -0.179. The van der Waals surface area contributed by atoms with Crippen molar-refractivity contribution in [2.45, 2.75) is 19.0 Å². The van der Waals surface area contributed by atoms with Crippen molar-refractivity contribution in [1.82, 2.24) is 29.6 Å². The second-order valence-electron chi connectivity index (χ2n) is 10.4. The fourth-order valence-corrected chi connectivity index (χ4v) is 5.95. The molecule has 0 N–H and O–H groups in total. The third-order valence-electron chi connectivity index (χ3n) is 7.69. The Morgan fingerprint density at radius 3 is 2.58 bits per heavy atom. The van der Waals surface area contributed by atoms with E-state index in [0.717, 1.165) is 49.2 Å². The van der Waals surface area contributed by atoms with Crippen LogP contribution in [0.15, 0.2) is 36.8 Å². The summed E-state index contributed by atoms with van der Waals surface area (Å²) in [5.74, 6) is -1.28. The third-order valence-corrected chi connectivity index (χ3v) is 7.92. The zero-order chi connectivity index (χ0) is 24.5. The molecule has 188 valence electrons. The Labute approximate surface area is 211 Å². The predicted molar refractivity (Wildman–Crippen MR) is 129 cm³/mol. The van der Waals surface area contributed by atoms with E-state index in [1.54, 1.807) is 23.5 Å². The summed E-state index contributed by atoms with van der Waals surface area (Å²) in [7, 11) is 0. The van der Waals surface area contributed by atoms with Crippen molar-refractivity contribution >= 4 is 23.4 Å². The summed E-state index contributed by atoms with van der Waals surface area (Å²) >= 11 is 6.31. The molecule has 4 aliphatic rings. The van der Waals surface area contributed by atoms with Crippen LogP contribution in [0, 0.1) is 11.3 Å². The van der Waals surface area contributed by atoms with E-state index in [2.05, 4.69) is 30.0 Å². The summed E-state index contributed by atoms with van der Waals surface area (Å²) in [5, 5.41) is 9.54. The van der Waals surface area contributed by atoms with Gasteiger partial charge >= 0.3 is 0 Å². The lowest BCUT2D eigenvalue weighted by atomic mass is 9.73. The number of halogens is 3. The Morgan fingerprint density at radius 1 is 1.06 bits per heavy atom. The van der Waals surface area contributed by atoms with Gasteiger partial charge in [-0.25, -0.2) is 13.8 Å². The van der Waals surface area contributed by atoms with E-state index >= 15 is 0 Å². The number of hydrogen-bond acceptors (Lipinski definition) is 8. The average molecular weight is 515 g/mol. The fourth-order valence-electron chi connectivity index (χ4n) is 5.76. The third kappa shape index (κ3) is 3.63. The highest BCUT2D eigenvalue weighted by Gasteiger charge is 2.53. The Balaban J connectivity index is 1.13. The van der Waals surface area contributed by atoms with Crippen molar-refractivity contribution in [2.24, 2.45) is 11.3 Å². The molecule has 0 saturated carbocycles. The molecule has 36 heavy (non-hydrogen) atoms. The normalized spacial score (nSPS) is 21.3. The maximum absolute atomic E-state index is 14.9. The molecule has 2 aromatic heterocycles. The second kappa shape index (κ2) is 8.06. The molecule has 9 nitrogen and oxygen atoms in total. The predicted octanol–water partition coefficient (Wildman–Crippen LogP) is 2.63. The lowest BCUT2D eigenvalue weighted by Crippen LogP contribution is -2.73. The zero-order valence-corrected chi connectivity index (χ0v) is 20.3. The van der Waals surface area contributed by atoms with Crippen LogP contribution in [0.5, 0.6) is 0 Å². The summed E-state index contributed by atoms with van der Waals surface area (Å²) in [4.78, 5) is 14.8. The first-order valence-corrected chi connectivity index (χ1v) is 12.4. The van der Waals surface area contributed by atoms with Gasteiger partial charge in [-0.3, -0.25) is 14.5 Å². The Bertz CT molecular complexity index is 1290. The van der Waals surface area contributed by atoms with Crippen molar-refractivity contribution < 1.29 is 13.5 Å². The van der Waals surface area contributed by atoms with Gasteiger partial charge in [0.2, 0.25) is 5.95 Å². The molecule has 1 aromatic carbocycles. The number of fused-ring (bicyclic) bond motifs is 3. The summed E-state index contributed by atoms with van der Waals surface area (Å²) in [6.07, 6.45) is 5.18. The first-order chi connectivity index (χ1) is 17.4. The van der Waals surface area contributed by atoms with E-state index in [0.29, 0.717) is 17.4 Å². The second-order valence-corrected chi connectivity index (χ2v) is 10.9. The van der Waals surface area contributed by atoms with Gasteiger partial charge in [0.25, 0.3) is 5.92 Å². The van der Waals surface area contributed by atoms with Crippen LogP contribution in [0.4, 0.5) is 20.5 Å². The molecule has 6 heterocycles. The maximum atomic E-state index is 14.9. The Hall–Kier alpha value is -2.89. The number of hydrogen-bond donors (Lipinski definition) is 0. The molecule has 0 amide bonds. The number of rotatable bonds is 5. The summed E-state index contributed by atoms with van der Waals surface area (Å²) in [5.41, 5.74) is 1.97. The number of alkyl halides is 2. The smallest absolute Gasteiger partial charge is 0.267 e. The molecular formula is C24H25ClF2N8O. The molecule has 0 aliphatic carbocycles. The maximum Gasteiger partial charge on any atom is 0.267 e. The van der Waals surface area contributed by atoms with Crippen molar-refractivity contribution in [3.05, 3.63) is 53.2 Å². The van der Waals surface area contributed by atoms with E-state index < -0.39 is 11.8 Å². The largest absolute Gasteiger partial charge is 0.380 e. The standard InChI is InChI=1S/C24H25ClF2N8O/c25-18-1-2-19-16(5-18)7-32(15-24(26,27)17-9-36-10-17)8-21-30-31-22(35(19)21)34-13-23(14-34)11-33(12-23)20-6-28-3-4-29-20/h1-6,17H,7-15H2. The van der Waals surface area contributed by atoms with Gasteiger partial charge < -0.3 is 14.5 Å².